The number of carboxylic acids is 1. The minimum atomic E-state index is -0.740. The van der Waals surface area contributed by atoms with E-state index in [1.807, 2.05) is 6.07 Å². The fourth-order valence-corrected chi connectivity index (χ4v) is 1.17. The average molecular weight is 194 g/mol. The Kier molecular flexibility index (Phi) is 3.91. The van der Waals surface area contributed by atoms with E-state index >= 15 is 0 Å². The van der Waals surface area contributed by atoms with Gasteiger partial charge in [0.1, 0.15) is 0 Å². The Labute approximate surface area is 82.8 Å². The maximum absolute atomic E-state index is 10.2. The molecule has 0 aromatic carbocycles. The maximum Gasteiger partial charge on any atom is 0.303 e. The van der Waals surface area contributed by atoms with Crippen LogP contribution in [0.1, 0.15) is 25.0 Å². The summed E-state index contributed by atoms with van der Waals surface area (Å²) in [5.41, 5.74) is 7.10. The second-order valence-corrected chi connectivity index (χ2v) is 3.18. The molecule has 0 spiro atoms. The van der Waals surface area contributed by atoms with Crippen molar-refractivity contribution in [2.24, 2.45) is 0 Å². The maximum atomic E-state index is 10.2. The lowest BCUT2D eigenvalue weighted by molar-refractivity contribution is -0.137. The van der Waals surface area contributed by atoms with Crippen molar-refractivity contribution in [2.45, 2.75) is 25.7 Å². The van der Waals surface area contributed by atoms with Crippen molar-refractivity contribution >= 4 is 11.7 Å². The number of carbonyl (C=O) groups is 1. The van der Waals surface area contributed by atoms with Crippen LogP contribution in [0.25, 0.3) is 0 Å². The third kappa shape index (κ3) is 3.89. The number of aromatic nitrogens is 1. The number of hydrogen-bond donors (Lipinski definition) is 2. The Morgan fingerprint density at radius 1 is 1.43 bits per heavy atom. The number of pyridine rings is 1. The second-order valence-electron chi connectivity index (χ2n) is 3.18. The van der Waals surface area contributed by atoms with Gasteiger partial charge in [-0.05, 0) is 31.4 Å². The Bertz CT molecular complexity index is 295. The van der Waals surface area contributed by atoms with Gasteiger partial charge >= 0.3 is 5.97 Å². The molecule has 3 N–H and O–H groups in total. The highest BCUT2D eigenvalue weighted by Crippen LogP contribution is 2.06. The molecule has 0 atom stereocenters. The number of nitrogen functional groups attached to an aromatic ring is 1. The summed E-state index contributed by atoms with van der Waals surface area (Å²) >= 11 is 0. The third-order valence-corrected chi connectivity index (χ3v) is 1.92. The van der Waals surface area contributed by atoms with E-state index in [2.05, 4.69) is 4.98 Å². The lowest BCUT2D eigenvalue weighted by Gasteiger charge is -1.99. The average Bonchev–Trinajstić information content (AvgIpc) is 2.15. The largest absolute Gasteiger partial charge is 0.481 e. The first-order chi connectivity index (χ1) is 6.68. The molecule has 4 nitrogen and oxygen atoms in total. The normalized spacial score (nSPS) is 10.0. The summed E-state index contributed by atoms with van der Waals surface area (Å²) in [6, 6.07) is 3.68. The molecule has 0 radical (unpaired) electrons. The van der Waals surface area contributed by atoms with Crippen LogP contribution in [0.2, 0.25) is 0 Å². The monoisotopic (exact) mass is 194 g/mol. The highest BCUT2D eigenvalue weighted by atomic mass is 16.4. The molecule has 1 rings (SSSR count). The summed E-state index contributed by atoms with van der Waals surface area (Å²) in [7, 11) is 0. The number of nitrogens with zero attached hydrogens (tertiary/aromatic N) is 1. The molecule has 1 aromatic heterocycles. The van der Waals surface area contributed by atoms with Crippen molar-refractivity contribution in [1.29, 1.82) is 0 Å². The number of anilines is 1. The zero-order valence-corrected chi connectivity index (χ0v) is 7.94. The quantitative estimate of drug-likeness (QED) is 0.696. The Balaban J connectivity index is 2.25. The SMILES string of the molecule is Nc1ccc(CCCCC(=O)O)nc1. The van der Waals surface area contributed by atoms with E-state index in [1.54, 1.807) is 12.3 Å². The standard InChI is InChI=1S/C10H14N2O2/c11-8-5-6-9(12-7-8)3-1-2-4-10(13)14/h5-7H,1-4,11H2,(H,13,14). The molecule has 0 aliphatic rings. The molecule has 0 amide bonds. The number of hydrogen-bond acceptors (Lipinski definition) is 3. The number of unbranched alkanes of at least 4 members (excludes halogenated alkanes) is 1. The molecule has 0 saturated heterocycles. The van der Waals surface area contributed by atoms with Gasteiger partial charge in [0.2, 0.25) is 0 Å². The second kappa shape index (κ2) is 5.21. The van der Waals surface area contributed by atoms with Gasteiger partial charge in [0.15, 0.2) is 0 Å². The molecule has 0 unspecified atom stereocenters. The van der Waals surface area contributed by atoms with Crippen molar-refractivity contribution in [2.75, 3.05) is 5.73 Å². The van der Waals surface area contributed by atoms with E-state index in [-0.39, 0.29) is 6.42 Å². The molecule has 0 fully saturated rings. The highest BCUT2D eigenvalue weighted by Gasteiger charge is 1.98. The van der Waals surface area contributed by atoms with Crippen molar-refractivity contribution in [3.8, 4) is 0 Å². The van der Waals surface area contributed by atoms with Gasteiger partial charge in [0.25, 0.3) is 0 Å². The van der Waals surface area contributed by atoms with E-state index < -0.39 is 5.97 Å². The lowest BCUT2D eigenvalue weighted by Crippen LogP contribution is -1.96. The number of nitrogens with two attached hydrogens (primary N) is 1. The number of aryl methyl sites for hydroxylation is 1. The molecular formula is C10H14N2O2. The topological polar surface area (TPSA) is 76.2 Å². The minimum Gasteiger partial charge on any atom is -0.481 e. The summed E-state index contributed by atoms with van der Waals surface area (Å²) in [5.74, 6) is -0.740. The Morgan fingerprint density at radius 2 is 2.21 bits per heavy atom. The van der Waals surface area contributed by atoms with Gasteiger partial charge in [-0.3, -0.25) is 9.78 Å². The molecule has 76 valence electrons. The van der Waals surface area contributed by atoms with Crippen molar-refractivity contribution in [3.05, 3.63) is 24.0 Å². The number of rotatable bonds is 5. The van der Waals surface area contributed by atoms with Gasteiger partial charge in [-0.2, -0.15) is 0 Å². The van der Waals surface area contributed by atoms with Gasteiger partial charge < -0.3 is 10.8 Å². The first kappa shape index (κ1) is 10.5. The van der Waals surface area contributed by atoms with E-state index in [9.17, 15) is 4.79 Å². The van der Waals surface area contributed by atoms with Gasteiger partial charge in [-0.1, -0.05) is 0 Å². The van der Waals surface area contributed by atoms with E-state index in [0.29, 0.717) is 12.1 Å². The van der Waals surface area contributed by atoms with Crippen LogP contribution in [0.15, 0.2) is 18.3 Å². The first-order valence-electron chi connectivity index (χ1n) is 4.60. The summed E-state index contributed by atoms with van der Waals surface area (Å²) in [4.78, 5) is 14.3. The van der Waals surface area contributed by atoms with Crippen LogP contribution in [-0.4, -0.2) is 16.1 Å². The smallest absolute Gasteiger partial charge is 0.303 e. The number of aliphatic carboxylic acids is 1. The summed E-state index contributed by atoms with van der Waals surface area (Å²) < 4.78 is 0. The van der Waals surface area contributed by atoms with E-state index in [4.69, 9.17) is 10.8 Å². The summed E-state index contributed by atoms with van der Waals surface area (Å²) in [6.07, 6.45) is 4.21. The fraction of sp³-hybridized carbons (Fsp3) is 0.400. The van der Waals surface area contributed by atoms with Gasteiger partial charge in [-0.25, -0.2) is 0 Å². The molecular weight excluding hydrogens is 180 g/mol. The van der Waals surface area contributed by atoms with Crippen LogP contribution in [0, 0.1) is 0 Å². The van der Waals surface area contributed by atoms with Crippen molar-refractivity contribution in [1.82, 2.24) is 4.98 Å². The predicted molar refractivity (Wildman–Crippen MR) is 53.8 cm³/mol. The highest BCUT2D eigenvalue weighted by molar-refractivity contribution is 5.66. The van der Waals surface area contributed by atoms with Crippen LogP contribution < -0.4 is 5.73 Å². The fourth-order valence-electron chi connectivity index (χ4n) is 1.17. The van der Waals surface area contributed by atoms with Crippen molar-refractivity contribution in [3.63, 3.8) is 0 Å². The summed E-state index contributed by atoms with van der Waals surface area (Å²) in [6.45, 7) is 0. The Morgan fingerprint density at radius 3 is 2.79 bits per heavy atom. The zero-order valence-electron chi connectivity index (χ0n) is 7.94. The summed E-state index contributed by atoms with van der Waals surface area (Å²) in [5, 5.41) is 8.41. The van der Waals surface area contributed by atoms with E-state index in [0.717, 1.165) is 18.5 Å². The molecule has 0 bridgehead atoms. The lowest BCUT2D eigenvalue weighted by atomic mass is 10.1. The third-order valence-electron chi connectivity index (χ3n) is 1.92. The van der Waals surface area contributed by atoms with Crippen LogP contribution in [-0.2, 0) is 11.2 Å². The molecule has 0 aliphatic heterocycles. The number of carboxylic acid groups (broad SMARTS) is 1. The van der Waals surface area contributed by atoms with Gasteiger partial charge in [-0.15, -0.1) is 0 Å². The minimum absolute atomic E-state index is 0.231. The van der Waals surface area contributed by atoms with Crippen LogP contribution in [0.5, 0.6) is 0 Å². The van der Waals surface area contributed by atoms with Gasteiger partial charge in [0, 0.05) is 12.1 Å². The molecule has 4 heteroatoms. The molecule has 0 aliphatic carbocycles. The Hall–Kier alpha value is -1.58. The molecule has 0 saturated carbocycles. The van der Waals surface area contributed by atoms with Crippen LogP contribution >= 0.6 is 0 Å². The van der Waals surface area contributed by atoms with Crippen molar-refractivity contribution < 1.29 is 9.90 Å². The molecule has 1 heterocycles. The first-order valence-corrected chi connectivity index (χ1v) is 4.60. The zero-order chi connectivity index (χ0) is 10.4. The van der Waals surface area contributed by atoms with E-state index in [1.165, 1.54) is 0 Å². The van der Waals surface area contributed by atoms with Crippen LogP contribution in [0.3, 0.4) is 0 Å². The van der Waals surface area contributed by atoms with Gasteiger partial charge in [0.05, 0.1) is 11.9 Å². The molecule has 1 aromatic rings. The molecule has 14 heavy (non-hydrogen) atoms. The van der Waals surface area contributed by atoms with Crippen LogP contribution in [0.4, 0.5) is 5.69 Å². The predicted octanol–water partition coefficient (Wildman–Crippen LogP) is 1.46.